The minimum absolute atomic E-state index is 0.109. The first kappa shape index (κ1) is 16.1. The van der Waals surface area contributed by atoms with E-state index in [0.717, 1.165) is 25.3 Å². The largest absolute Gasteiger partial charge is 0.493 e. The van der Waals surface area contributed by atoms with Crippen molar-refractivity contribution >= 4 is 11.3 Å². The first-order valence-corrected chi connectivity index (χ1v) is 8.32. The molecule has 0 bridgehead atoms. The average molecular weight is 303 g/mol. The third-order valence-electron chi connectivity index (χ3n) is 3.21. The van der Waals surface area contributed by atoms with Gasteiger partial charge in [0.25, 0.3) is 0 Å². The molecule has 0 atom stereocenters. The smallest absolute Gasteiger partial charge is 0.123 e. The summed E-state index contributed by atoms with van der Waals surface area (Å²) in [6.45, 7) is 10.2. The van der Waals surface area contributed by atoms with Crippen LogP contribution in [0, 0.1) is 6.92 Å². The second-order valence-corrected chi connectivity index (χ2v) is 7.42. The van der Waals surface area contributed by atoms with Crippen LogP contribution in [0.1, 0.15) is 36.8 Å². The molecule has 2 nitrogen and oxygen atoms in total. The summed E-state index contributed by atoms with van der Waals surface area (Å²) in [6.07, 6.45) is 0.970. The van der Waals surface area contributed by atoms with Crippen LogP contribution in [0.5, 0.6) is 5.75 Å². The molecule has 1 aromatic heterocycles. The molecule has 2 aromatic rings. The normalized spacial score (nSPS) is 11.6. The number of ether oxygens (including phenoxy) is 1. The molecule has 3 heteroatoms. The fraction of sp³-hybridized carbons (Fsp3) is 0.444. The molecule has 114 valence electrons. The van der Waals surface area contributed by atoms with Gasteiger partial charge in [-0.2, -0.15) is 0 Å². The first-order valence-electron chi connectivity index (χ1n) is 7.44. The van der Waals surface area contributed by atoms with Crippen LogP contribution in [0.25, 0.3) is 0 Å². The average Bonchev–Trinajstić information content (AvgIpc) is 2.91. The van der Waals surface area contributed by atoms with E-state index in [1.165, 1.54) is 16.0 Å². The fourth-order valence-electron chi connectivity index (χ4n) is 2.06. The van der Waals surface area contributed by atoms with Crippen LogP contribution in [-0.4, -0.2) is 12.1 Å². The molecule has 0 spiro atoms. The summed E-state index contributed by atoms with van der Waals surface area (Å²) in [5.41, 5.74) is 2.61. The van der Waals surface area contributed by atoms with Gasteiger partial charge in [-0.3, -0.25) is 0 Å². The van der Waals surface area contributed by atoms with Gasteiger partial charge < -0.3 is 10.1 Å². The van der Waals surface area contributed by atoms with Gasteiger partial charge in [0.05, 0.1) is 6.61 Å². The highest BCUT2D eigenvalue weighted by Crippen LogP contribution is 2.21. The Balaban J connectivity index is 1.97. The molecule has 0 fully saturated rings. The number of aryl methyl sites for hydroxylation is 1. The van der Waals surface area contributed by atoms with Gasteiger partial charge >= 0.3 is 0 Å². The molecule has 0 aliphatic carbocycles. The molecular weight excluding hydrogens is 278 g/mol. The van der Waals surface area contributed by atoms with Crippen LogP contribution >= 0.6 is 11.3 Å². The van der Waals surface area contributed by atoms with E-state index in [4.69, 9.17) is 4.74 Å². The van der Waals surface area contributed by atoms with Crippen LogP contribution in [0.2, 0.25) is 0 Å². The standard InChI is InChI=1S/C18H25NOS/c1-14-7-8-17(15(12-14)13-19-18(2,3)4)20-10-9-16-6-5-11-21-16/h5-8,11-12,19H,9-10,13H2,1-4H3. The predicted octanol–water partition coefficient (Wildman–Crippen LogP) is 4.57. The van der Waals surface area contributed by atoms with Gasteiger partial charge in [-0.1, -0.05) is 23.8 Å². The van der Waals surface area contributed by atoms with Crippen molar-refractivity contribution in [3.05, 3.63) is 51.7 Å². The molecule has 0 saturated heterocycles. The van der Waals surface area contributed by atoms with Gasteiger partial charge in [-0.05, 0) is 45.2 Å². The van der Waals surface area contributed by atoms with Crippen LogP contribution in [0.4, 0.5) is 0 Å². The van der Waals surface area contributed by atoms with Gasteiger partial charge in [0.15, 0.2) is 0 Å². The van der Waals surface area contributed by atoms with E-state index in [1.54, 1.807) is 11.3 Å². The van der Waals surface area contributed by atoms with E-state index >= 15 is 0 Å². The molecule has 0 unspecified atom stereocenters. The predicted molar refractivity (Wildman–Crippen MR) is 91.3 cm³/mol. The molecule has 0 radical (unpaired) electrons. The number of benzene rings is 1. The quantitative estimate of drug-likeness (QED) is 0.844. The Hall–Kier alpha value is -1.32. The molecule has 2 rings (SSSR count). The number of rotatable bonds is 6. The van der Waals surface area contributed by atoms with E-state index in [9.17, 15) is 0 Å². The van der Waals surface area contributed by atoms with Gasteiger partial charge in [0, 0.05) is 28.9 Å². The first-order chi connectivity index (χ1) is 9.94. The second kappa shape index (κ2) is 7.10. The molecule has 1 N–H and O–H groups in total. The van der Waals surface area contributed by atoms with Crippen LogP contribution < -0.4 is 10.1 Å². The summed E-state index contributed by atoms with van der Waals surface area (Å²) >= 11 is 1.79. The monoisotopic (exact) mass is 303 g/mol. The Bertz CT molecular complexity index is 555. The topological polar surface area (TPSA) is 21.3 Å². The number of hydrogen-bond acceptors (Lipinski definition) is 3. The van der Waals surface area contributed by atoms with Gasteiger partial charge in [-0.15, -0.1) is 11.3 Å². The third kappa shape index (κ3) is 5.52. The SMILES string of the molecule is Cc1ccc(OCCc2cccs2)c(CNC(C)(C)C)c1. The number of nitrogens with one attached hydrogen (secondary N) is 1. The Morgan fingerprint density at radius 3 is 2.67 bits per heavy atom. The summed E-state index contributed by atoms with van der Waals surface area (Å²) in [4.78, 5) is 1.37. The highest BCUT2D eigenvalue weighted by Gasteiger charge is 2.11. The van der Waals surface area contributed by atoms with Crippen molar-refractivity contribution in [3.8, 4) is 5.75 Å². The number of hydrogen-bond donors (Lipinski definition) is 1. The summed E-state index contributed by atoms with van der Waals surface area (Å²) in [5.74, 6) is 0.994. The maximum absolute atomic E-state index is 6.00. The molecule has 1 heterocycles. The van der Waals surface area contributed by atoms with Gasteiger partial charge in [-0.25, -0.2) is 0 Å². The minimum Gasteiger partial charge on any atom is -0.493 e. The Morgan fingerprint density at radius 2 is 2.00 bits per heavy atom. The summed E-state index contributed by atoms with van der Waals surface area (Å²) in [5, 5.41) is 5.64. The van der Waals surface area contributed by atoms with E-state index in [2.05, 4.69) is 68.7 Å². The fourth-order valence-corrected chi connectivity index (χ4v) is 2.75. The number of thiophene rings is 1. The summed E-state index contributed by atoms with van der Waals surface area (Å²) < 4.78 is 6.00. The highest BCUT2D eigenvalue weighted by molar-refractivity contribution is 7.09. The highest BCUT2D eigenvalue weighted by atomic mass is 32.1. The maximum Gasteiger partial charge on any atom is 0.123 e. The molecular formula is C18H25NOS. The van der Waals surface area contributed by atoms with Crippen LogP contribution in [-0.2, 0) is 13.0 Å². The minimum atomic E-state index is 0.109. The second-order valence-electron chi connectivity index (χ2n) is 6.39. The van der Waals surface area contributed by atoms with Crippen molar-refractivity contribution < 1.29 is 4.74 Å². The van der Waals surface area contributed by atoms with Crippen molar-refractivity contribution in [2.45, 2.75) is 46.2 Å². The van der Waals surface area contributed by atoms with Crippen LogP contribution in [0.3, 0.4) is 0 Å². The lowest BCUT2D eigenvalue weighted by Crippen LogP contribution is -2.35. The molecule has 0 aliphatic heterocycles. The third-order valence-corrected chi connectivity index (χ3v) is 4.15. The summed E-state index contributed by atoms with van der Waals surface area (Å²) in [6, 6.07) is 10.7. The molecule has 0 amide bonds. The Kier molecular flexibility index (Phi) is 5.43. The van der Waals surface area contributed by atoms with Crippen LogP contribution in [0.15, 0.2) is 35.7 Å². The Labute approximate surface area is 132 Å². The summed E-state index contributed by atoms with van der Waals surface area (Å²) in [7, 11) is 0. The van der Waals surface area contributed by atoms with Gasteiger partial charge in [0.2, 0.25) is 0 Å². The zero-order chi connectivity index (χ0) is 15.3. The maximum atomic E-state index is 6.00. The lowest BCUT2D eigenvalue weighted by Gasteiger charge is -2.22. The van der Waals surface area contributed by atoms with Crippen molar-refractivity contribution in [1.82, 2.24) is 5.32 Å². The van der Waals surface area contributed by atoms with Crippen molar-refractivity contribution in [1.29, 1.82) is 0 Å². The molecule has 21 heavy (non-hydrogen) atoms. The van der Waals surface area contributed by atoms with E-state index in [0.29, 0.717) is 0 Å². The van der Waals surface area contributed by atoms with E-state index in [-0.39, 0.29) is 5.54 Å². The van der Waals surface area contributed by atoms with E-state index in [1.807, 2.05) is 0 Å². The zero-order valence-electron chi connectivity index (χ0n) is 13.4. The van der Waals surface area contributed by atoms with Gasteiger partial charge in [0.1, 0.15) is 5.75 Å². The lowest BCUT2D eigenvalue weighted by molar-refractivity contribution is 0.316. The molecule has 0 aliphatic rings. The Morgan fingerprint density at radius 1 is 1.19 bits per heavy atom. The van der Waals surface area contributed by atoms with Crippen molar-refractivity contribution in [2.24, 2.45) is 0 Å². The molecule has 0 saturated carbocycles. The van der Waals surface area contributed by atoms with Crippen molar-refractivity contribution in [3.63, 3.8) is 0 Å². The van der Waals surface area contributed by atoms with E-state index < -0.39 is 0 Å². The lowest BCUT2D eigenvalue weighted by atomic mass is 10.1. The molecule has 1 aromatic carbocycles. The zero-order valence-corrected chi connectivity index (χ0v) is 14.2. The van der Waals surface area contributed by atoms with Crippen molar-refractivity contribution in [2.75, 3.05) is 6.61 Å².